The number of rotatable bonds is 6. The van der Waals surface area contributed by atoms with Crippen molar-refractivity contribution in [3.8, 4) is 6.07 Å². The lowest BCUT2D eigenvalue weighted by Crippen LogP contribution is -2.25. The van der Waals surface area contributed by atoms with Crippen molar-refractivity contribution < 1.29 is 12.8 Å². The van der Waals surface area contributed by atoms with Crippen molar-refractivity contribution in [3.63, 3.8) is 0 Å². The van der Waals surface area contributed by atoms with Gasteiger partial charge in [0, 0.05) is 12.6 Å². The van der Waals surface area contributed by atoms with E-state index in [1.807, 2.05) is 6.07 Å². The lowest BCUT2D eigenvalue weighted by atomic mass is 10.1. The van der Waals surface area contributed by atoms with Gasteiger partial charge in [-0.25, -0.2) is 17.5 Å². The molecule has 2 aromatic rings. The Hall–Kier alpha value is -2.43. The van der Waals surface area contributed by atoms with Crippen LogP contribution < -0.4 is 10.0 Å². The molecule has 0 unspecified atom stereocenters. The molecule has 0 aliphatic heterocycles. The van der Waals surface area contributed by atoms with Crippen LogP contribution >= 0.6 is 0 Å². The number of hydrogen-bond donors (Lipinski definition) is 2. The third-order valence-electron chi connectivity index (χ3n) is 3.72. The second kappa shape index (κ2) is 6.59. The van der Waals surface area contributed by atoms with E-state index in [0.29, 0.717) is 12.2 Å². The van der Waals surface area contributed by atoms with Gasteiger partial charge in [-0.2, -0.15) is 5.26 Å². The SMILES string of the molecule is N#Cc1cc(F)ccc1NCc1ccc(S(=O)(=O)NC2CC2)cc1. The maximum atomic E-state index is 13.1. The summed E-state index contributed by atoms with van der Waals surface area (Å²) in [5, 5.41) is 12.1. The Morgan fingerprint density at radius 1 is 1.17 bits per heavy atom. The summed E-state index contributed by atoms with van der Waals surface area (Å²) in [6.45, 7) is 0.399. The van der Waals surface area contributed by atoms with E-state index in [2.05, 4.69) is 10.0 Å². The second-order valence-corrected chi connectivity index (χ2v) is 7.41. The van der Waals surface area contributed by atoms with E-state index >= 15 is 0 Å². The molecule has 1 saturated carbocycles. The normalized spacial score (nSPS) is 14.2. The summed E-state index contributed by atoms with van der Waals surface area (Å²) in [6.07, 6.45) is 1.78. The fourth-order valence-electron chi connectivity index (χ4n) is 2.24. The van der Waals surface area contributed by atoms with E-state index in [-0.39, 0.29) is 16.5 Å². The molecule has 0 amide bonds. The molecular formula is C17H16FN3O2S. The maximum absolute atomic E-state index is 13.1. The predicted molar refractivity (Wildman–Crippen MR) is 88.2 cm³/mol. The van der Waals surface area contributed by atoms with Crippen LogP contribution in [0.2, 0.25) is 0 Å². The van der Waals surface area contributed by atoms with Crippen molar-refractivity contribution in [1.82, 2.24) is 4.72 Å². The first-order valence-corrected chi connectivity index (χ1v) is 9.01. The number of sulfonamides is 1. The Balaban J connectivity index is 1.67. The fourth-order valence-corrected chi connectivity index (χ4v) is 3.54. The van der Waals surface area contributed by atoms with Crippen LogP contribution in [0.5, 0.6) is 0 Å². The highest BCUT2D eigenvalue weighted by molar-refractivity contribution is 7.89. The summed E-state index contributed by atoms with van der Waals surface area (Å²) in [4.78, 5) is 0.234. The minimum Gasteiger partial charge on any atom is -0.380 e. The summed E-state index contributed by atoms with van der Waals surface area (Å²) in [6, 6.07) is 12.5. The van der Waals surface area contributed by atoms with Crippen LogP contribution in [0.15, 0.2) is 47.4 Å². The molecule has 1 fully saturated rings. The minimum atomic E-state index is -3.45. The quantitative estimate of drug-likeness (QED) is 0.843. The zero-order valence-electron chi connectivity index (χ0n) is 12.8. The molecule has 2 aromatic carbocycles. The average molecular weight is 345 g/mol. The molecule has 24 heavy (non-hydrogen) atoms. The van der Waals surface area contributed by atoms with Gasteiger partial charge in [0.1, 0.15) is 11.9 Å². The van der Waals surface area contributed by atoms with Crippen LogP contribution in [0.3, 0.4) is 0 Å². The van der Waals surface area contributed by atoms with Gasteiger partial charge in [0.2, 0.25) is 10.0 Å². The van der Waals surface area contributed by atoms with Gasteiger partial charge in [0.15, 0.2) is 0 Å². The van der Waals surface area contributed by atoms with Gasteiger partial charge in [-0.3, -0.25) is 0 Å². The van der Waals surface area contributed by atoms with Crippen LogP contribution in [0.1, 0.15) is 24.0 Å². The number of nitrogens with one attached hydrogen (secondary N) is 2. The standard InChI is InChI=1S/C17H16FN3O2S/c18-14-3-8-17(13(9-14)10-19)20-11-12-1-6-16(7-2-12)24(22,23)21-15-4-5-15/h1-3,6-9,15,20-21H,4-5,11H2. The summed E-state index contributed by atoms with van der Waals surface area (Å²) in [5.41, 5.74) is 1.61. The van der Waals surface area contributed by atoms with Crippen LogP contribution in [0, 0.1) is 17.1 Å². The molecule has 0 radical (unpaired) electrons. The van der Waals surface area contributed by atoms with E-state index in [4.69, 9.17) is 5.26 Å². The van der Waals surface area contributed by atoms with E-state index in [9.17, 15) is 12.8 Å². The molecule has 2 N–H and O–H groups in total. The molecule has 0 aromatic heterocycles. The molecule has 0 spiro atoms. The molecule has 7 heteroatoms. The van der Waals surface area contributed by atoms with E-state index in [0.717, 1.165) is 18.4 Å². The molecule has 124 valence electrons. The van der Waals surface area contributed by atoms with E-state index in [1.165, 1.54) is 18.2 Å². The van der Waals surface area contributed by atoms with Crippen molar-refractivity contribution in [1.29, 1.82) is 5.26 Å². The monoisotopic (exact) mass is 345 g/mol. The van der Waals surface area contributed by atoms with E-state index in [1.54, 1.807) is 24.3 Å². The van der Waals surface area contributed by atoms with Crippen molar-refractivity contribution in [2.24, 2.45) is 0 Å². The second-order valence-electron chi connectivity index (χ2n) is 5.69. The molecule has 1 aliphatic carbocycles. The van der Waals surface area contributed by atoms with Crippen molar-refractivity contribution in [2.45, 2.75) is 30.3 Å². The third-order valence-corrected chi connectivity index (χ3v) is 5.25. The van der Waals surface area contributed by atoms with Crippen LogP contribution in [0.25, 0.3) is 0 Å². The van der Waals surface area contributed by atoms with Crippen LogP contribution in [-0.4, -0.2) is 14.5 Å². The van der Waals surface area contributed by atoms with Crippen molar-refractivity contribution >= 4 is 15.7 Å². The molecule has 0 saturated heterocycles. The number of nitriles is 1. The van der Waals surface area contributed by atoms with Crippen LogP contribution in [0.4, 0.5) is 10.1 Å². The first kappa shape index (κ1) is 16.4. The maximum Gasteiger partial charge on any atom is 0.240 e. The Labute approximate surface area is 140 Å². The molecule has 5 nitrogen and oxygen atoms in total. The lowest BCUT2D eigenvalue weighted by Gasteiger charge is -2.10. The smallest absolute Gasteiger partial charge is 0.240 e. The molecule has 1 aliphatic rings. The Morgan fingerprint density at radius 2 is 1.88 bits per heavy atom. The lowest BCUT2D eigenvalue weighted by molar-refractivity contribution is 0.581. The largest absolute Gasteiger partial charge is 0.380 e. The summed E-state index contributed by atoms with van der Waals surface area (Å²) < 4.78 is 39.9. The highest BCUT2D eigenvalue weighted by atomic mass is 32.2. The number of hydrogen-bond acceptors (Lipinski definition) is 4. The fraction of sp³-hybridized carbons (Fsp3) is 0.235. The molecule has 0 atom stereocenters. The number of benzene rings is 2. The van der Waals surface area contributed by atoms with Crippen molar-refractivity contribution in [3.05, 3.63) is 59.4 Å². The van der Waals surface area contributed by atoms with E-state index < -0.39 is 15.8 Å². The summed E-state index contributed by atoms with van der Waals surface area (Å²) in [5.74, 6) is -0.463. The highest BCUT2D eigenvalue weighted by Gasteiger charge is 2.27. The van der Waals surface area contributed by atoms with Gasteiger partial charge in [0.25, 0.3) is 0 Å². The third kappa shape index (κ3) is 3.91. The number of anilines is 1. The summed E-state index contributed by atoms with van der Waals surface area (Å²) >= 11 is 0. The zero-order valence-corrected chi connectivity index (χ0v) is 13.6. The van der Waals surface area contributed by atoms with Crippen molar-refractivity contribution in [2.75, 3.05) is 5.32 Å². The Kier molecular flexibility index (Phi) is 4.51. The Bertz CT molecular complexity index is 885. The summed E-state index contributed by atoms with van der Waals surface area (Å²) in [7, 11) is -3.45. The van der Waals surface area contributed by atoms with Gasteiger partial charge < -0.3 is 5.32 Å². The zero-order chi connectivity index (χ0) is 17.2. The molecule has 3 rings (SSSR count). The Morgan fingerprint density at radius 3 is 2.50 bits per heavy atom. The first-order chi connectivity index (χ1) is 11.5. The minimum absolute atomic E-state index is 0.0687. The van der Waals surface area contributed by atoms with Gasteiger partial charge >= 0.3 is 0 Å². The number of halogens is 1. The van der Waals surface area contributed by atoms with Gasteiger partial charge in [-0.15, -0.1) is 0 Å². The molecule has 0 heterocycles. The van der Waals surface area contributed by atoms with Crippen LogP contribution in [-0.2, 0) is 16.6 Å². The van der Waals surface area contributed by atoms with Gasteiger partial charge in [0.05, 0.1) is 16.1 Å². The first-order valence-electron chi connectivity index (χ1n) is 7.53. The van der Waals surface area contributed by atoms with Gasteiger partial charge in [-0.05, 0) is 48.7 Å². The predicted octanol–water partition coefficient (Wildman–Crippen LogP) is 2.75. The average Bonchev–Trinajstić information content (AvgIpc) is 3.37. The molecular weight excluding hydrogens is 329 g/mol. The topological polar surface area (TPSA) is 82.0 Å². The molecule has 0 bridgehead atoms. The van der Waals surface area contributed by atoms with Gasteiger partial charge in [-0.1, -0.05) is 12.1 Å². The highest BCUT2D eigenvalue weighted by Crippen LogP contribution is 2.22. The number of nitrogens with zero attached hydrogens (tertiary/aromatic N) is 1.